The van der Waals surface area contributed by atoms with Gasteiger partial charge in [0.15, 0.2) is 0 Å². The zero-order valence-corrected chi connectivity index (χ0v) is 17.7. The van der Waals surface area contributed by atoms with E-state index in [1.807, 2.05) is 36.1 Å². The van der Waals surface area contributed by atoms with Gasteiger partial charge in [0.05, 0.1) is 18.1 Å². The molecule has 1 aromatic rings. The second kappa shape index (κ2) is 9.89. The molecule has 1 N–H and O–H groups in total. The topological polar surface area (TPSA) is 74.4 Å². The predicted octanol–water partition coefficient (Wildman–Crippen LogP) is 1.63. The first kappa shape index (κ1) is 21.3. The van der Waals surface area contributed by atoms with Crippen LogP contribution in [-0.4, -0.2) is 81.0 Å². The van der Waals surface area contributed by atoms with Crippen molar-refractivity contribution in [2.75, 3.05) is 62.8 Å². The Morgan fingerprint density at radius 3 is 2.48 bits per heavy atom. The van der Waals surface area contributed by atoms with Crippen LogP contribution in [0.5, 0.6) is 0 Å². The number of carbonyl (C=O) groups excluding carboxylic acids is 2. The highest BCUT2D eigenvalue weighted by Crippen LogP contribution is 2.25. The molecule has 0 unspecified atom stereocenters. The number of methoxy groups -OCH3 is 1. The van der Waals surface area contributed by atoms with Crippen molar-refractivity contribution in [3.63, 3.8) is 0 Å². The third-order valence-electron chi connectivity index (χ3n) is 5.15. The average Bonchev–Trinajstić information content (AvgIpc) is 3.13. The Hall–Kier alpha value is -2.39. The number of ether oxygens (including phenoxy) is 2. The normalized spacial score (nSPS) is 19.3. The average molecular weight is 421 g/mol. The summed E-state index contributed by atoms with van der Waals surface area (Å²) in [4.78, 5) is 30.6. The molecule has 0 bridgehead atoms. The highest BCUT2D eigenvalue weighted by molar-refractivity contribution is 7.80. The van der Waals surface area contributed by atoms with E-state index in [4.69, 9.17) is 21.7 Å². The van der Waals surface area contributed by atoms with E-state index in [0.29, 0.717) is 26.2 Å². The van der Waals surface area contributed by atoms with Crippen LogP contribution in [0.3, 0.4) is 0 Å². The van der Waals surface area contributed by atoms with E-state index in [1.165, 1.54) is 7.11 Å². The van der Waals surface area contributed by atoms with E-state index >= 15 is 0 Å². The molecular weight excluding hydrogens is 392 g/mol. The van der Waals surface area contributed by atoms with Crippen molar-refractivity contribution in [1.29, 1.82) is 0 Å². The van der Waals surface area contributed by atoms with Crippen LogP contribution < -0.4 is 15.1 Å². The number of nitrogens with one attached hydrogen (secondary N) is 1. The van der Waals surface area contributed by atoms with Crippen molar-refractivity contribution in [2.45, 2.75) is 19.4 Å². The van der Waals surface area contributed by atoms with Gasteiger partial charge in [-0.15, -0.1) is 0 Å². The van der Waals surface area contributed by atoms with Crippen molar-refractivity contribution < 1.29 is 19.1 Å². The lowest BCUT2D eigenvalue weighted by atomic mass is 10.2. The van der Waals surface area contributed by atoms with E-state index < -0.39 is 0 Å². The fourth-order valence-electron chi connectivity index (χ4n) is 3.46. The summed E-state index contributed by atoms with van der Waals surface area (Å²) in [7, 11) is 1.53. The Kier molecular flexibility index (Phi) is 7.27. The van der Waals surface area contributed by atoms with Gasteiger partial charge in [-0.25, -0.2) is 4.79 Å². The monoisotopic (exact) mass is 420 g/mol. The summed E-state index contributed by atoms with van der Waals surface area (Å²) < 4.78 is 10.4. The minimum Gasteiger partial charge on any atom is -0.442 e. The number of thiocarbonyl (C=S) groups is 1. The summed E-state index contributed by atoms with van der Waals surface area (Å²) in [5, 5.41) is 3.12. The third kappa shape index (κ3) is 5.36. The lowest BCUT2D eigenvalue weighted by molar-refractivity contribution is -0.135. The molecule has 2 amide bonds. The Balaban J connectivity index is 1.53. The minimum absolute atomic E-state index is 0.0267. The first-order valence-corrected chi connectivity index (χ1v) is 10.3. The SMILES string of the molecule is CCC(=S)NC[C@H]1CN(c2ccc(N3CCN(C(=O)COC)CC3)cc2)C(=O)O1. The largest absolute Gasteiger partial charge is 0.442 e. The molecule has 2 saturated heterocycles. The van der Waals surface area contributed by atoms with Gasteiger partial charge in [0.2, 0.25) is 5.91 Å². The molecule has 2 aliphatic rings. The van der Waals surface area contributed by atoms with E-state index in [-0.39, 0.29) is 24.7 Å². The first-order chi connectivity index (χ1) is 14.0. The molecule has 0 radical (unpaired) electrons. The highest BCUT2D eigenvalue weighted by atomic mass is 32.1. The maximum Gasteiger partial charge on any atom is 0.414 e. The number of benzene rings is 1. The summed E-state index contributed by atoms with van der Waals surface area (Å²) in [5.74, 6) is 0.0267. The van der Waals surface area contributed by atoms with Gasteiger partial charge in [-0.1, -0.05) is 19.1 Å². The van der Waals surface area contributed by atoms with E-state index in [1.54, 1.807) is 4.90 Å². The predicted molar refractivity (Wildman–Crippen MR) is 116 cm³/mol. The molecule has 0 aromatic heterocycles. The van der Waals surface area contributed by atoms with Crippen LogP contribution >= 0.6 is 12.2 Å². The van der Waals surface area contributed by atoms with Crippen molar-refractivity contribution >= 4 is 40.6 Å². The van der Waals surface area contributed by atoms with Gasteiger partial charge in [-0.3, -0.25) is 9.69 Å². The molecule has 3 rings (SSSR count). The van der Waals surface area contributed by atoms with E-state index in [2.05, 4.69) is 10.2 Å². The quantitative estimate of drug-likeness (QED) is 0.672. The molecule has 2 aliphatic heterocycles. The number of piperazine rings is 1. The second-order valence-electron chi connectivity index (χ2n) is 7.09. The summed E-state index contributed by atoms with van der Waals surface area (Å²) in [6.07, 6.45) is 0.220. The zero-order valence-electron chi connectivity index (χ0n) is 16.9. The molecule has 1 atom stereocenters. The summed E-state index contributed by atoms with van der Waals surface area (Å²) in [6, 6.07) is 7.89. The number of hydrogen-bond donors (Lipinski definition) is 1. The van der Waals surface area contributed by atoms with E-state index in [9.17, 15) is 9.59 Å². The van der Waals surface area contributed by atoms with Crippen LogP contribution in [-0.2, 0) is 14.3 Å². The van der Waals surface area contributed by atoms with Gasteiger partial charge in [0.1, 0.15) is 12.7 Å². The lowest BCUT2D eigenvalue weighted by Crippen LogP contribution is -2.49. The molecule has 158 valence electrons. The maximum absolute atomic E-state index is 12.2. The molecule has 2 heterocycles. The molecule has 8 nitrogen and oxygen atoms in total. The molecule has 1 aromatic carbocycles. The molecule has 0 spiro atoms. The number of anilines is 2. The van der Waals surface area contributed by atoms with Crippen LogP contribution in [0.15, 0.2) is 24.3 Å². The summed E-state index contributed by atoms with van der Waals surface area (Å²) in [6.45, 7) is 6.03. The Morgan fingerprint density at radius 2 is 1.86 bits per heavy atom. The number of carbonyl (C=O) groups is 2. The zero-order chi connectivity index (χ0) is 20.8. The van der Waals surface area contributed by atoms with Crippen LogP contribution in [0.4, 0.5) is 16.2 Å². The number of hydrogen-bond acceptors (Lipinski definition) is 6. The molecule has 29 heavy (non-hydrogen) atoms. The van der Waals surface area contributed by atoms with Crippen molar-refractivity contribution in [2.24, 2.45) is 0 Å². The van der Waals surface area contributed by atoms with Crippen LogP contribution in [0.2, 0.25) is 0 Å². The van der Waals surface area contributed by atoms with Gasteiger partial charge in [0.25, 0.3) is 0 Å². The Morgan fingerprint density at radius 1 is 1.21 bits per heavy atom. The number of cyclic esters (lactones) is 1. The molecule has 0 aliphatic carbocycles. The molecule has 0 saturated carbocycles. The minimum atomic E-state index is -0.336. The fourth-order valence-corrected chi connectivity index (χ4v) is 3.55. The van der Waals surface area contributed by atoms with Gasteiger partial charge in [-0.05, 0) is 30.7 Å². The highest BCUT2D eigenvalue weighted by Gasteiger charge is 2.32. The number of amides is 2. The fraction of sp³-hybridized carbons (Fsp3) is 0.550. The van der Waals surface area contributed by atoms with Gasteiger partial charge in [0, 0.05) is 44.7 Å². The third-order valence-corrected chi connectivity index (χ3v) is 5.58. The van der Waals surface area contributed by atoms with Crippen LogP contribution in [0, 0.1) is 0 Å². The van der Waals surface area contributed by atoms with Crippen molar-refractivity contribution in [1.82, 2.24) is 10.2 Å². The summed E-state index contributed by atoms with van der Waals surface area (Å²) in [5.41, 5.74) is 1.89. The molecular formula is C20H28N4O4S. The van der Waals surface area contributed by atoms with Gasteiger partial charge < -0.3 is 24.6 Å². The van der Waals surface area contributed by atoms with Gasteiger partial charge >= 0.3 is 6.09 Å². The first-order valence-electron chi connectivity index (χ1n) is 9.88. The molecule has 2 fully saturated rings. The molecule has 9 heteroatoms. The Bertz CT molecular complexity index is 735. The Labute approximate surface area is 176 Å². The maximum atomic E-state index is 12.2. The van der Waals surface area contributed by atoms with Crippen molar-refractivity contribution in [3.8, 4) is 0 Å². The number of nitrogens with zero attached hydrogens (tertiary/aromatic N) is 3. The van der Waals surface area contributed by atoms with Crippen LogP contribution in [0.1, 0.15) is 13.3 Å². The number of rotatable bonds is 7. The van der Waals surface area contributed by atoms with Crippen molar-refractivity contribution in [3.05, 3.63) is 24.3 Å². The summed E-state index contributed by atoms with van der Waals surface area (Å²) >= 11 is 5.16. The van der Waals surface area contributed by atoms with E-state index in [0.717, 1.165) is 35.9 Å². The second-order valence-corrected chi connectivity index (χ2v) is 7.58. The van der Waals surface area contributed by atoms with Gasteiger partial charge in [-0.2, -0.15) is 0 Å². The lowest BCUT2D eigenvalue weighted by Gasteiger charge is -2.36. The smallest absolute Gasteiger partial charge is 0.414 e. The van der Waals surface area contributed by atoms with Crippen LogP contribution in [0.25, 0.3) is 0 Å². The standard InChI is InChI=1S/C20H28N4O4S/c1-3-18(29)21-12-17-13-24(20(26)28-17)16-6-4-15(5-7-16)22-8-10-23(11-9-22)19(25)14-27-2/h4-7,17H,3,8-14H2,1-2H3,(H,21,29)/t17-/m0/s1.